The Labute approximate surface area is 167 Å². The molecule has 146 valence electrons. The molecule has 7 nitrogen and oxygen atoms in total. The van der Waals surface area contributed by atoms with Gasteiger partial charge in [0.1, 0.15) is 10.6 Å². The summed E-state index contributed by atoms with van der Waals surface area (Å²) in [6.45, 7) is 2.00. The van der Waals surface area contributed by atoms with Gasteiger partial charge in [-0.3, -0.25) is 10.1 Å². The maximum atomic E-state index is 12.2. The fourth-order valence-electron chi connectivity index (χ4n) is 2.52. The number of anilines is 1. The highest BCUT2D eigenvalue weighted by Gasteiger charge is 2.17. The lowest BCUT2D eigenvalue weighted by Gasteiger charge is -2.09. The normalized spacial score (nSPS) is 11.8. The first-order chi connectivity index (χ1) is 13.3. The third-order valence-electron chi connectivity index (χ3n) is 3.95. The summed E-state index contributed by atoms with van der Waals surface area (Å²) in [5.41, 5.74) is 2.50. The van der Waals surface area contributed by atoms with Crippen LogP contribution in [0.4, 0.5) is 5.13 Å². The molecule has 0 saturated carbocycles. The lowest BCUT2D eigenvalue weighted by Crippen LogP contribution is -2.19. The topological polar surface area (TPSA) is 97.4 Å². The molecule has 0 spiro atoms. The van der Waals surface area contributed by atoms with Crippen LogP contribution >= 0.6 is 11.3 Å². The molecule has 0 fully saturated rings. The van der Waals surface area contributed by atoms with Crippen LogP contribution in [0, 0.1) is 6.92 Å². The van der Waals surface area contributed by atoms with E-state index in [0.29, 0.717) is 10.7 Å². The smallest absolute Gasteiger partial charge is 0.250 e. The molecule has 28 heavy (non-hydrogen) atoms. The Morgan fingerprint density at radius 2 is 2.00 bits per heavy atom. The monoisotopic (exact) mass is 417 g/mol. The van der Waals surface area contributed by atoms with Gasteiger partial charge in [0.2, 0.25) is 15.9 Å². The van der Waals surface area contributed by atoms with Crippen LogP contribution in [0.3, 0.4) is 0 Å². The zero-order chi connectivity index (χ0) is 20.3. The van der Waals surface area contributed by atoms with E-state index >= 15 is 0 Å². The second-order valence-electron chi connectivity index (χ2n) is 5.93. The van der Waals surface area contributed by atoms with E-state index in [1.165, 1.54) is 49.8 Å². The number of fused-ring (bicyclic) bond motifs is 1. The predicted molar refractivity (Wildman–Crippen MR) is 111 cm³/mol. The highest BCUT2D eigenvalue weighted by atomic mass is 32.2. The number of aromatic nitrogens is 1. The van der Waals surface area contributed by atoms with Crippen molar-refractivity contribution in [3.05, 3.63) is 53.6 Å². The maximum Gasteiger partial charge on any atom is 0.250 e. The van der Waals surface area contributed by atoms with Crippen LogP contribution in [0.1, 0.15) is 11.1 Å². The van der Waals surface area contributed by atoms with Crippen LogP contribution < -0.4 is 14.8 Å². The van der Waals surface area contributed by atoms with E-state index in [2.05, 4.69) is 15.0 Å². The number of benzene rings is 2. The second-order valence-corrected chi connectivity index (χ2v) is 8.82. The minimum atomic E-state index is -3.69. The minimum Gasteiger partial charge on any atom is -0.495 e. The first kappa shape index (κ1) is 20.0. The van der Waals surface area contributed by atoms with Gasteiger partial charge in [-0.2, -0.15) is 0 Å². The Morgan fingerprint density at radius 1 is 1.21 bits per heavy atom. The van der Waals surface area contributed by atoms with Crippen LogP contribution in [-0.4, -0.2) is 33.5 Å². The van der Waals surface area contributed by atoms with Gasteiger partial charge in [0.15, 0.2) is 5.13 Å². The number of ether oxygens (including phenoxy) is 1. The molecule has 3 aromatic rings. The van der Waals surface area contributed by atoms with Gasteiger partial charge >= 0.3 is 0 Å². The first-order valence-electron chi connectivity index (χ1n) is 8.30. The van der Waals surface area contributed by atoms with Crippen LogP contribution in [0.5, 0.6) is 5.75 Å². The third kappa shape index (κ3) is 4.38. The summed E-state index contributed by atoms with van der Waals surface area (Å²) >= 11 is 1.39. The number of nitrogens with one attached hydrogen (secondary N) is 2. The van der Waals surface area contributed by atoms with E-state index in [1.807, 2.05) is 25.1 Å². The van der Waals surface area contributed by atoms with E-state index in [0.717, 1.165) is 15.8 Å². The molecule has 0 radical (unpaired) electrons. The van der Waals surface area contributed by atoms with Gasteiger partial charge in [0.05, 0.1) is 17.3 Å². The van der Waals surface area contributed by atoms with Crippen LogP contribution in [-0.2, 0) is 14.8 Å². The number of hydrogen-bond donors (Lipinski definition) is 2. The summed E-state index contributed by atoms with van der Waals surface area (Å²) in [4.78, 5) is 16.6. The van der Waals surface area contributed by atoms with E-state index in [4.69, 9.17) is 4.74 Å². The molecular weight excluding hydrogens is 398 g/mol. The van der Waals surface area contributed by atoms with Crippen molar-refractivity contribution in [3.63, 3.8) is 0 Å². The van der Waals surface area contributed by atoms with Crippen molar-refractivity contribution < 1.29 is 17.9 Å². The molecule has 1 amide bonds. The number of methoxy groups -OCH3 is 1. The van der Waals surface area contributed by atoms with Crippen LogP contribution in [0.2, 0.25) is 0 Å². The largest absolute Gasteiger partial charge is 0.495 e. The molecule has 1 heterocycles. The second kappa shape index (κ2) is 8.09. The predicted octanol–water partition coefficient (Wildman–Crippen LogP) is 3.17. The average Bonchev–Trinajstić information content (AvgIpc) is 3.07. The van der Waals surface area contributed by atoms with Gasteiger partial charge in [-0.1, -0.05) is 23.5 Å². The van der Waals surface area contributed by atoms with E-state index in [9.17, 15) is 13.2 Å². The number of amides is 1. The van der Waals surface area contributed by atoms with Crippen molar-refractivity contribution >= 4 is 48.7 Å². The van der Waals surface area contributed by atoms with Crippen molar-refractivity contribution in [2.75, 3.05) is 19.5 Å². The van der Waals surface area contributed by atoms with Crippen molar-refractivity contribution in [1.82, 2.24) is 9.71 Å². The first-order valence-corrected chi connectivity index (χ1v) is 10.6. The molecule has 0 unspecified atom stereocenters. The molecule has 2 aromatic carbocycles. The molecule has 2 N–H and O–H groups in total. The van der Waals surface area contributed by atoms with Crippen LogP contribution in [0.25, 0.3) is 16.3 Å². The lowest BCUT2D eigenvalue weighted by molar-refractivity contribution is -0.111. The molecule has 0 aliphatic carbocycles. The highest BCUT2D eigenvalue weighted by molar-refractivity contribution is 7.89. The minimum absolute atomic E-state index is 0.00148. The van der Waals surface area contributed by atoms with Gasteiger partial charge < -0.3 is 4.74 Å². The summed E-state index contributed by atoms with van der Waals surface area (Å²) in [6.07, 6.45) is 2.86. The number of carbonyl (C=O) groups excluding carboxylic acids is 1. The molecular formula is C19H19N3O4S2. The van der Waals surface area contributed by atoms with E-state index < -0.39 is 10.0 Å². The fourth-order valence-corrected chi connectivity index (χ4v) is 4.42. The Kier molecular flexibility index (Phi) is 5.78. The Bertz CT molecular complexity index is 1170. The van der Waals surface area contributed by atoms with Gasteiger partial charge in [0.25, 0.3) is 0 Å². The SMILES string of the molecule is CNS(=O)(=O)c1cc(/C=C/C(=O)Nc2nc3ccc(C)cc3s2)ccc1OC. The van der Waals surface area contributed by atoms with Crippen molar-refractivity contribution in [2.24, 2.45) is 0 Å². The summed E-state index contributed by atoms with van der Waals surface area (Å²) in [5, 5.41) is 3.23. The van der Waals surface area contributed by atoms with Gasteiger partial charge in [-0.05, 0) is 55.4 Å². The zero-order valence-corrected chi connectivity index (χ0v) is 17.1. The van der Waals surface area contributed by atoms with Gasteiger partial charge in [0, 0.05) is 6.08 Å². The molecule has 3 rings (SSSR count). The number of nitrogens with zero attached hydrogens (tertiary/aromatic N) is 1. The number of thiazole rings is 1. The van der Waals surface area contributed by atoms with Crippen LogP contribution in [0.15, 0.2) is 47.4 Å². The van der Waals surface area contributed by atoms with Crippen molar-refractivity contribution in [1.29, 1.82) is 0 Å². The quantitative estimate of drug-likeness (QED) is 0.601. The van der Waals surface area contributed by atoms with Gasteiger partial charge in [-0.15, -0.1) is 0 Å². The Balaban J connectivity index is 1.78. The molecule has 0 aliphatic heterocycles. The average molecular weight is 418 g/mol. The molecule has 0 saturated heterocycles. The van der Waals surface area contributed by atoms with Gasteiger partial charge in [-0.25, -0.2) is 18.1 Å². The zero-order valence-electron chi connectivity index (χ0n) is 15.5. The lowest BCUT2D eigenvalue weighted by atomic mass is 10.2. The summed E-state index contributed by atoms with van der Waals surface area (Å²) in [6, 6.07) is 10.5. The molecule has 0 aliphatic rings. The van der Waals surface area contributed by atoms with E-state index in [1.54, 1.807) is 6.07 Å². The Morgan fingerprint density at radius 3 is 2.71 bits per heavy atom. The summed E-state index contributed by atoms with van der Waals surface area (Å²) < 4.78 is 32.6. The number of carbonyl (C=O) groups is 1. The van der Waals surface area contributed by atoms with Crippen molar-refractivity contribution in [3.8, 4) is 5.75 Å². The van der Waals surface area contributed by atoms with Crippen molar-refractivity contribution in [2.45, 2.75) is 11.8 Å². The standard InChI is InChI=1S/C19H19N3O4S2/c1-12-4-7-14-16(10-12)27-19(21-14)22-18(23)9-6-13-5-8-15(26-3)17(11-13)28(24,25)20-2/h4-11,20H,1-3H3,(H,21,22,23)/b9-6+. The highest BCUT2D eigenvalue weighted by Crippen LogP contribution is 2.27. The van der Waals surface area contributed by atoms with E-state index in [-0.39, 0.29) is 16.6 Å². The third-order valence-corrected chi connectivity index (χ3v) is 6.32. The summed E-state index contributed by atoms with van der Waals surface area (Å²) in [5.74, 6) is -0.134. The number of hydrogen-bond acceptors (Lipinski definition) is 6. The molecule has 9 heteroatoms. The fraction of sp³-hybridized carbons (Fsp3) is 0.158. The molecule has 0 bridgehead atoms. The summed E-state index contributed by atoms with van der Waals surface area (Å²) in [7, 11) is -0.968. The number of sulfonamides is 1. The number of aryl methyl sites for hydroxylation is 1. The Hall–Kier alpha value is -2.75. The maximum absolute atomic E-state index is 12.2. The molecule has 0 atom stereocenters. The molecule has 1 aromatic heterocycles. The number of rotatable bonds is 6.